The van der Waals surface area contributed by atoms with Gasteiger partial charge in [0.2, 0.25) is 0 Å². The van der Waals surface area contributed by atoms with E-state index in [0.29, 0.717) is 0 Å². The van der Waals surface area contributed by atoms with Crippen LogP contribution in [0.2, 0.25) is 0 Å². The molecule has 80 valence electrons. The average Bonchev–Trinajstić information content (AvgIpc) is 1.58. The molecule has 0 saturated heterocycles. The molecular weight excluding hydrogens is 208 g/mol. The molecule has 12 heavy (non-hydrogen) atoms. The summed E-state index contributed by atoms with van der Waals surface area (Å²) in [6.45, 7) is 6.39. The number of hydrogen-bond acceptors (Lipinski definition) is 1. The van der Waals surface area contributed by atoms with E-state index in [1.165, 1.54) is 0 Å². The standard InChI is InChI=1S/C4H11N.F6S/c1-3-5-4-2;1-7(2,3,4,5)6/h5H,3-4H2,1-2H3;. The van der Waals surface area contributed by atoms with Crippen LogP contribution in [-0.4, -0.2) is 13.1 Å². The molecule has 0 aliphatic carbocycles. The van der Waals surface area contributed by atoms with Crippen LogP contribution in [0, 0.1) is 0 Å². The molecule has 0 aliphatic heterocycles. The lowest BCUT2D eigenvalue weighted by atomic mass is 10.7. The van der Waals surface area contributed by atoms with Gasteiger partial charge in [-0.3, -0.25) is 0 Å². The predicted molar refractivity (Wildman–Crippen MR) is 38.5 cm³/mol. The van der Waals surface area contributed by atoms with Crippen molar-refractivity contribution in [2.24, 2.45) is 0 Å². The Kier molecular flexibility index (Phi) is 4.00. The molecule has 0 amide bonds. The van der Waals surface area contributed by atoms with Crippen LogP contribution in [0.15, 0.2) is 0 Å². The normalized spacial score (nSPS) is 17.0. The van der Waals surface area contributed by atoms with Crippen molar-refractivity contribution in [2.45, 2.75) is 13.8 Å². The SMILES string of the molecule is CCNCC.FS(F)(F)(F)(F)F. The van der Waals surface area contributed by atoms with Gasteiger partial charge >= 0.3 is 10.6 Å². The van der Waals surface area contributed by atoms with E-state index in [0.717, 1.165) is 13.1 Å². The summed E-state index contributed by atoms with van der Waals surface area (Å²) in [6.07, 6.45) is 0. The van der Waals surface area contributed by atoms with Crippen molar-refractivity contribution in [2.75, 3.05) is 13.1 Å². The summed E-state index contributed by atoms with van der Waals surface area (Å²) >= 11 is 0. The third kappa shape index (κ3) is 219. The largest absolute Gasteiger partial charge is 0.431 e. The molecule has 0 heterocycles. The fourth-order valence-corrected chi connectivity index (χ4v) is 0.250. The fourth-order valence-electron chi connectivity index (χ4n) is 0.250. The quantitative estimate of drug-likeness (QED) is 0.697. The Morgan fingerprint density at radius 3 is 1.00 bits per heavy atom. The number of nitrogens with one attached hydrogen (secondary N) is 1. The zero-order valence-corrected chi connectivity index (χ0v) is 7.41. The first-order chi connectivity index (χ1) is 4.86. The van der Waals surface area contributed by atoms with Crippen LogP contribution in [0.5, 0.6) is 0 Å². The van der Waals surface area contributed by atoms with E-state index in [2.05, 4.69) is 19.2 Å². The topological polar surface area (TPSA) is 12.0 Å². The Hall–Kier alpha value is -0.110. The summed E-state index contributed by atoms with van der Waals surface area (Å²) in [5, 5.41) is 3.11. The summed E-state index contributed by atoms with van der Waals surface area (Å²) in [6, 6.07) is 0. The van der Waals surface area contributed by atoms with Crippen LogP contribution in [0.25, 0.3) is 0 Å². The van der Waals surface area contributed by atoms with Gasteiger partial charge in [-0.15, -0.1) is 0 Å². The molecule has 0 unspecified atom stereocenters. The first kappa shape index (κ1) is 14.4. The maximum absolute atomic E-state index is 10.5. The molecule has 0 radical (unpaired) electrons. The lowest BCUT2D eigenvalue weighted by Gasteiger charge is -2.28. The molecule has 0 atom stereocenters. The monoisotopic (exact) mass is 219 g/mol. The average molecular weight is 219 g/mol. The summed E-state index contributed by atoms with van der Waals surface area (Å²) in [4.78, 5) is 0. The molecule has 0 bridgehead atoms. The minimum Gasteiger partial charge on any atom is -0.317 e. The summed E-state index contributed by atoms with van der Waals surface area (Å²) in [7, 11) is -10.5. The van der Waals surface area contributed by atoms with E-state index < -0.39 is 10.6 Å². The zero-order valence-electron chi connectivity index (χ0n) is 6.59. The molecule has 1 N–H and O–H groups in total. The summed E-state index contributed by atoms with van der Waals surface area (Å²) in [5.41, 5.74) is 0. The predicted octanol–water partition coefficient (Wildman–Crippen LogP) is 3.79. The van der Waals surface area contributed by atoms with Gasteiger partial charge in [0.25, 0.3) is 0 Å². The van der Waals surface area contributed by atoms with Crippen molar-refractivity contribution in [3.8, 4) is 0 Å². The summed E-state index contributed by atoms with van der Waals surface area (Å²) in [5.74, 6) is 0. The maximum atomic E-state index is 9.85. The maximum Gasteiger partial charge on any atom is 0.431 e. The van der Waals surface area contributed by atoms with Gasteiger partial charge in [-0.05, 0) is 13.1 Å². The van der Waals surface area contributed by atoms with E-state index in [9.17, 15) is 23.3 Å². The van der Waals surface area contributed by atoms with E-state index in [4.69, 9.17) is 0 Å². The minimum atomic E-state index is -10.5. The second kappa shape index (κ2) is 3.33. The van der Waals surface area contributed by atoms with Crippen LogP contribution in [0.1, 0.15) is 13.8 Å². The second-order valence-corrected chi connectivity index (χ2v) is 3.58. The molecule has 0 saturated carbocycles. The molecule has 0 spiro atoms. The van der Waals surface area contributed by atoms with Gasteiger partial charge in [0.15, 0.2) is 0 Å². The number of hydrogen-bond donors (Lipinski definition) is 1. The van der Waals surface area contributed by atoms with Crippen LogP contribution in [0.4, 0.5) is 23.3 Å². The first-order valence-corrected chi connectivity index (χ1v) is 4.90. The molecule has 8 heteroatoms. The highest BCUT2D eigenvalue weighted by molar-refractivity contribution is 8.41. The van der Waals surface area contributed by atoms with Crippen molar-refractivity contribution in [1.82, 2.24) is 5.32 Å². The van der Waals surface area contributed by atoms with E-state index in [-0.39, 0.29) is 0 Å². The zero-order chi connectivity index (χ0) is 10.5. The lowest BCUT2D eigenvalue weighted by molar-refractivity contribution is 0.291. The van der Waals surface area contributed by atoms with Crippen molar-refractivity contribution in [1.29, 1.82) is 0 Å². The minimum absolute atomic E-state index is 1.09. The van der Waals surface area contributed by atoms with E-state index >= 15 is 0 Å². The molecule has 1 nitrogen and oxygen atoms in total. The van der Waals surface area contributed by atoms with Crippen molar-refractivity contribution in [3.63, 3.8) is 0 Å². The molecule has 0 aromatic carbocycles. The van der Waals surface area contributed by atoms with Crippen LogP contribution in [-0.2, 0) is 0 Å². The van der Waals surface area contributed by atoms with Gasteiger partial charge in [-0.1, -0.05) is 37.2 Å². The molecule has 0 aromatic rings. The lowest BCUT2D eigenvalue weighted by Crippen LogP contribution is -2.09. The van der Waals surface area contributed by atoms with E-state index in [1.54, 1.807) is 0 Å². The van der Waals surface area contributed by atoms with Gasteiger partial charge in [-0.2, -0.15) is 0 Å². The van der Waals surface area contributed by atoms with Gasteiger partial charge < -0.3 is 5.32 Å². The molecular formula is C4H11F6NS. The third-order valence-electron chi connectivity index (χ3n) is 0.500. The molecule has 0 fully saturated rings. The fraction of sp³-hybridized carbons (Fsp3) is 1.00. The van der Waals surface area contributed by atoms with Crippen LogP contribution in [0.3, 0.4) is 0 Å². The van der Waals surface area contributed by atoms with Crippen LogP contribution < -0.4 is 5.32 Å². The molecule has 0 aromatic heterocycles. The Bertz CT molecular complexity index is 109. The van der Waals surface area contributed by atoms with Crippen molar-refractivity contribution < 1.29 is 23.3 Å². The first-order valence-electron chi connectivity index (χ1n) is 3.05. The Morgan fingerprint density at radius 1 is 0.833 bits per heavy atom. The molecule has 0 aliphatic rings. The number of rotatable bonds is 2. The van der Waals surface area contributed by atoms with Crippen LogP contribution >= 0.6 is 10.6 Å². The van der Waals surface area contributed by atoms with Gasteiger partial charge in [0, 0.05) is 0 Å². The molecule has 0 rings (SSSR count). The highest BCUT2D eigenvalue weighted by atomic mass is 32.5. The third-order valence-corrected chi connectivity index (χ3v) is 0.500. The smallest absolute Gasteiger partial charge is 0.317 e. The Balaban J connectivity index is 0. The highest BCUT2D eigenvalue weighted by Gasteiger charge is 2.64. The second-order valence-electron chi connectivity index (χ2n) is 1.83. The highest BCUT2D eigenvalue weighted by Crippen LogP contribution is 2.99. The number of halogens is 6. The van der Waals surface area contributed by atoms with Crippen molar-refractivity contribution in [3.05, 3.63) is 0 Å². The summed E-state index contributed by atoms with van der Waals surface area (Å²) < 4.78 is 59.1. The van der Waals surface area contributed by atoms with E-state index in [1.807, 2.05) is 0 Å². The Labute approximate surface area is 67.2 Å². The van der Waals surface area contributed by atoms with Gasteiger partial charge in [0.05, 0.1) is 0 Å². The Morgan fingerprint density at radius 2 is 1.00 bits per heavy atom. The van der Waals surface area contributed by atoms with Gasteiger partial charge in [-0.25, -0.2) is 0 Å². The van der Waals surface area contributed by atoms with Gasteiger partial charge in [0.1, 0.15) is 0 Å². The van der Waals surface area contributed by atoms with Crippen molar-refractivity contribution >= 4 is 10.6 Å².